The van der Waals surface area contributed by atoms with Gasteiger partial charge in [-0.2, -0.15) is 0 Å². The van der Waals surface area contributed by atoms with E-state index in [9.17, 15) is 4.79 Å². The van der Waals surface area contributed by atoms with E-state index in [0.717, 1.165) is 19.3 Å². The van der Waals surface area contributed by atoms with E-state index < -0.39 is 0 Å². The molecule has 0 aliphatic rings. The molecule has 1 aromatic heterocycles. The maximum absolute atomic E-state index is 10.7. The summed E-state index contributed by atoms with van der Waals surface area (Å²) in [4.78, 5) is 13.7. The third-order valence-electron chi connectivity index (χ3n) is 1.94. The number of unbranched alkanes of at least 4 members (excludes halogenated alkanes) is 1. The topological polar surface area (TPSA) is 70.9 Å². The van der Waals surface area contributed by atoms with E-state index in [1.54, 1.807) is 0 Å². The standard InChI is InChI=1S/C9H15N3O/c10-12-9(13)4-2-1-3-8-5-6-11-7-8/h5-7,11H,1-4,10H2,(H,12,13). The number of hydrogen-bond acceptors (Lipinski definition) is 2. The van der Waals surface area contributed by atoms with Gasteiger partial charge in [0.25, 0.3) is 0 Å². The fraction of sp³-hybridized carbons (Fsp3) is 0.444. The third kappa shape index (κ3) is 3.75. The fourth-order valence-corrected chi connectivity index (χ4v) is 1.20. The summed E-state index contributed by atoms with van der Waals surface area (Å²) in [6.07, 6.45) is 7.31. The number of amides is 1. The Hall–Kier alpha value is -1.29. The van der Waals surface area contributed by atoms with Crippen LogP contribution >= 0.6 is 0 Å². The van der Waals surface area contributed by atoms with Gasteiger partial charge in [-0.15, -0.1) is 0 Å². The second-order valence-electron chi connectivity index (χ2n) is 2.99. The van der Waals surface area contributed by atoms with Crippen molar-refractivity contribution in [1.82, 2.24) is 10.4 Å². The smallest absolute Gasteiger partial charge is 0.233 e. The molecule has 0 bridgehead atoms. The van der Waals surface area contributed by atoms with E-state index in [4.69, 9.17) is 5.84 Å². The molecule has 0 saturated carbocycles. The van der Waals surface area contributed by atoms with Crippen LogP contribution in [0.4, 0.5) is 0 Å². The van der Waals surface area contributed by atoms with Crippen molar-refractivity contribution in [3.8, 4) is 0 Å². The van der Waals surface area contributed by atoms with Crippen molar-refractivity contribution in [3.63, 3.8) is 0 Å². The zero-order valence-corrected chi connectivity index (χ0v) is 7.55. The van der Waals surface area contributed by atoms with Crippen molar-refractivity contribution in [1.29, 1.82) is 0 Å². The lowest BCUT2D eigenvalue weighted by Crippen LogP contribution is -2.29. The minimum atomic E-state index is -0.0888. The van der Waals surface area contributed by atoms with E-state index >= 15 is 0 Å². The second-order valence-corrected chi connectivity index (χ2v) is 2.99. The van der Waals surface area contributed by atoms with Gasteiger partial charge in [0.15, 0.2) is 0 Å². The highest BCUT2D eigenvalue weighted by Crippen LogP contribution is 2.04. The van der Waals surface area contributed by atoms with Gasteiger partial charge in [-0.3, -0.25) is 10.2 Å². The van der Waals surface area contributed by atoms with Crippen LogP contribution in [0.3, 0.4) is 0 Å². The van der Waals surface area contributed by atoms with Crippen LogP contribution in [0.5, 0.6) is 0 Å². The van der Waals surface area contributed by atoms with Crippen molar-refractivity contribution in [2.45, 2.75) is 25.7 Å². The molecule has 1 rings (SSSR count). The van der Waals surface area contributed by atoms with E-state index in [1.807, 2.05) is 18.5 Å². The van der Waals surface area contributed by atoms with E-state index in [0.29, 0.717) is 6.42 Å². The highest BCUT2D eigenvalue weighted by atomic mass is 16.2. The van der Waals surface area contributed by atoms with Crippen LogP contribution in [-0.4, -0.2) is 10.9 Å². The SMILES string of the molecule is NNC(=O)CCCCc1cc[nH]c1. The summed E-state index contributed by atoms with van der Waals surface area (Å²) in [5.41, 5.74) is 3.40. The highest BCUT2D eigenvalue weighted by molar-refractivity contribution is 5.75. The van der Waals surface area contributed by atoms with Gasteiger partial charge in [0.05, 0.1) is 0 Å². The summed E-state index contributed by atoms with van der Waals surface area (Å²) >= 11 is 0. The molecule has 0 aromatic carbocycles. The Balaban J connectivity index is 2.05. The Labute approximate surface area is 77.5 Å². The number of nitrogens with two attached hydrogens (primary N) is 1. The van der Waals surface area contributed by atoms with Crippen LogP contribution < -0.4 is 11.3 Å². The molecule has 0 aliphatic heterocycles. The lowest BCUT2D eigenvalue weighted by atomic mass is 10.1. The predicted octanol–water partition coefficient (Wildman–Crippen LogP) is 0.717. The molecule has 0 aliphatic carbocycles. The Kier molecular flexibility index (Phi) is 4.05. The summed E-state index contributed by atoms with van der Waals surface area (Å²) in [6.45, 7) is 0. The average Bonchev–Trinajstić information content (AvgIpc) is 2.64. The van der Waals surface area contributed by atoms with Gasteiger partial charge in [0.1, 0.15) is 0 Å². The first-order valence-electron chi connectivity index (χ1n) is 4.44. The van der Waals surface area contributed by atoms with Crippen LogP contribution in [0.15, 0.2) is 18.5 Å². The second kappa shape index (κ2) is 5.37. The monoisotopic (exact) mass is 181 g/mol. The van der Waals surface area contributed by atoms with Gasteiger partial charge >= 0.3 is 0 Å². The summed E-state index contributed by atoms with van der Waals surface area (Å²) < 4.78 is 0. The first-order chi connectivity index (χ1) is 6.33. The van der Waals surface area contributed by atoms with E-state index in [2.05, 4.69) is 10.4 Å². The molecule has 13 heavy (non-hydrogen) atoms. The number of aryl methyl sites for hydroxylation is 1. The van der Waals surface area contributed by atoms with Gasteiger partial charge in [-0.05, 0) is 30.9 Å². The zero-order chi connectivity index (χ0) is 9.52. The normalized spacial score (nSPS) is 9.92. The van der Waals surface area contributed by atoms with Crippen molar-refractivity contribution in [2.24, 2.45) is 5.84 Å². The molecule has 1 amide bonds. The van der Waals surface area contributed by atoms with Gasteiger partial charge < -0.3 is 4.98 Å². The van der Waals surface area contributed by atoms with Gasteiger partial charge in [-0.25, -0.2) is 5.84 Å². The van der Waals surface area contributed by atoms with Gasteiger partial charge in [0, 0.05) is 18.8 Å². The Bertz CT molecular complexity index is 243. The number of carbonyl (C=O) groups is 1. The summed E-state index contributed by atoms with van der Waals surface area (Å²) in [7, 11) is 0. The molecule has 1 aromatic rings. The van der Waals surface area contributed by atoms with Crippen LogP contribution in [0.1, 0.15) is 24.8 Å². The number of carbonyl (C=O) groups excluding carboxylic acids is 1. The number of nitrogens with one attached hydrogen (secondary N) is 2. The molecule has 0 atom stereocenters. The molecule has 4 heteroatoms. The minimum absolute atomic E-state index is 0.0888. The van der Waals surface area contributed by atoms with Crippen LogP contribution in [0.25, 0.3) is 0 Å². The fourth-order valence-electron chi connectivity index (χ4n) is 1.20. The van der Waals surface area contributed by atoms with Crippen molar-refractivity contribution >= 4 is 5.91 Å². The van der Waals surface area contributed by atoms with E-state index in [-0.39, 0.29) is 5.91 Å². The molecule has 0 unspecified atom stereocenters. The first kappa shape index (κ1) is 9.80. The minimum Gasteiger partial charge on any atom is -0.367 e. The molecule has 0 radical (unpaired) electrons. The van der Waals surface area contributed by atoms with Gasteiger partial charge in [-0.1, -0.05) is 0 Å². The molecular formula is C9H15N3O. The van der Waals surface area contributed by atoms with Crippen molar-refractivity contribution < 1.29 is 4.79 Å². The van der Waals surface area contributed by atoms with Gasteiger partial charge in [0.2, 0.25) is 5.91 Å². The molecule has 0 spiro atoms. The number of H-pyrrole nitrogens is 1. The quantitative estimate of drug-likeness (QED) is 0.271. The number of hydrazine groups is 1. The Morgan fingerprint density at radius 2 is 2.38 bits per heavy atom. The molecule has 72 valence electrons. The third-order valence-corrected chi connectivity index (χ3v) is 1.94. The molecule has 0 saturated heterocycles. The predicted molar refractivity (Wildman–Crippen MR) is 50.7 cm³/mol. The number of rotatable bonds is 5. The van der Waals surface area contributed by atoms with E-state index in [1.165, 1.54) is 5.56 Å². The molecule has 0 fully saturated rings. The molecule has 4 nitrogen and oxygen atoms in total. The van der Waals surface area contributed by atoms with Crippen molar-refractivity contribution in [2.75, 3.05) is 0 Å². The molecular weight excluding hydrogens is 166 g/mol. The van der Waals surface area contributed by atoms with Crippen LogP contribution in [0.2, 0.25) is 0 Å². The van der Waals surface area contributed by atoms with Crippen LogP contribution in [-0.2, 0) is 11.2 Å². The summed E-state index contributed by atoms with van der Waals surface area (Å²) in [6, 6.07) is 2.04. The average molecular weight is 181 g/mol. The zero-order valence-electron chi connectivity index (χ0n) is 7.55. The van der Waals surface area contributed by atoms with Crippen LogP contribution in [0, 0.1) is 0 Å². The molecule has 1 heterocycles. The first-order valence-corrected chi connectivity index (χ1v) is 4.44. The number of hydrogen-bond donors (Lipinski definition) is 3. The number of aromatic nitrogens is 1. The Morgan fingerprint density at radius 3 is 3.00 bits per heavy atom. The summed E-state index contributed by atoms with van der Waals surface area (Å²) in [5.74, 6) is 4.86. The lowest BCUT2D eigenvalue weighted by molar-refractivity contribution is -0.121. The highest BCUT2D eigenvalue weighted by Gasteiger charge is 1.98. The maximum Gasteiger partial charge on any atom is 0.233 e. The molecule has 4 N–H and O–H groups in total. The summed E-state index contributed by atoms with van der Waals surface area (Å²) in [5, 5.41) is 0. The maximum atomic E-state index is 10.7. The largest absolute Gasteiger partial charge is 0.367 e. The van der Waals surface area contributed by atoms with Crippen molar-refractivity contribution in [3.05, 3.63) is 24.0 Å². The lowest BCUT2D eigenvalue weighted by Gasteiger charge is -1.98. The Morgan fingerprint density at radius 1 is 1.54 bits per heavy atom. The number of aromatic amines is 1.